The van der Waals surface area contributed by atoms with Gasteiger partial charge in [0.15, 0.2) is 6.29 Å². The summed E-state index contributed by atoms with van der Waals surface area (Å²) in [6, 6.07) is 0. The van der Waals surface area contributed by atoms with E-state index < -0.39 is 0 Å². The molecule has 1 aliphatic carbocycles. The molecule has 0 amide bonds. The van der Waals surface area contributed by atoms with E-state index in [0.29, 0.717) is 12.0 Å². The van der Waals surface area contributed by atoms with E-state index in [-0.39, 0.29) is 11.7 Å². The molecular weight excluding hydrogens is 188 g/mol. The van der Waals surface area contributed by atoms with Crippen molar-refractivity contribution in [3.63, 3.8) is 0 Å². The standard InChI is InChI=1S/C13H22O2/c1-10-13(2,3)9-14-12(15-10)11-7-5-4-6-8-11/h4-5,10-12H,6-9H2,1-3H3. The van der Waals surface area contributed by atoms with Gasteiger partial charge in [0, 0.05) is 11.3 Å². The SMILES string of the molecule is CC1OC(C2CC=CCC2)OCC1(C)C. The minimum atomic E-state index is 0.0259. The Bertz CT molecular complexity index is 245. The van der Waals surface area contributed by atoms with Gasteiger partial charge in [-0.2, -0.15) is 0 Å². The second-order valence-electron chi connectivity index (χ2n) is 5.49. The maximum atomic E-state index is 5.98. The lowest BCUT2D eigenvalue weighted by Crippen LogP contribution is -2.46. The highest BCUT2D eigenvalue weighted by atomic mass is 16.7. The van der Waals surface area contributed by atoms with Gasteiger partial charge in [-0.05, 0) is 26.2 Å². The van der Waals surface area contributed by atoms with Crippen molar-refractivity contribution in [2.75, 3.05) is 6.61 Å². The predicted molar refractivity (Wildman–Crippen MR) is 60.5 cm³/mol. The smallest absolute Gasteiger partial charge is 0.161 e. The van der Waals surface area contributed by atoms with Crippen LogP contribution in [0.15, 0.2) is 12.2 Å². The largest absolute Gasteiger partial charge is 0.352 e. The first-order chi connectivity index (χ1) is 7.09. The Morgan fingerprint density at radius 1 is 1.27 bits per heavy atom. The molecule has 0 bridgehead atoms. The predicted octanol–water partition coefficient (Wildman–Crippen LogP) is 3.13. The van der Waals surface area contributed by atoms with Gasteiger partial charge in [-0.1, -0.05) is 26.0 Å². The molecule has 2 heteroatoms. The molecule has 0 saturated carbocycles. The molecular formula is C13H22O2. The van der Waals surface area contributed by atoms with Crippen LogP contribution in [0.4, 0.5) is 0 Å². The molecule has 2 nitrogen and oxygen atoms in total. The fourth-order valence-electron chi connectivity index (χ4n) is 2.15. The Morgan fingerprint density at radius 3 is 2.67 bits per heavy atom. The third kappa shape index (κ3) is 2.43. The molecule has 2 rings (SSSR count). The van der Waals surface area contributed by atoms with Gasteiger partial charge in [-0.3, -0.25) is 0 Å². The van der Waals surface area contributed by atoms with Crippen LogP contribution in [0.1, 0.15) is 40.0 Å². The first kappa shape index (κ1) is 11.2. The highest BCUT2D eigenvalue weighted by Crippen LogP contribution is 2.35. The molecule has 0 spiro atoms. The van der Waals surface area contributed by atoms with Crippen molar-refractivity contribution in [2.45, 2.75) is 52.4 Å². The van der Waals surface area contributed by atoms with Crippen molar-refractivity contribution in [1.29, 1.82) is 0 Å². The second kappa shape index (κ2) is 4.26. The van der Waals surface area contributed by atoms with E-state index in [1.165, 1.54) is 12.8 Å². The third-order valence-electron chi connectivity index (χ3n) is 3.75. The highest BCUT2D eigenvalue weighted by Gasteiger charge is 2.38. The fraction of sp³-hybridized carbons (Fsp3) is 0.846. The van der Waals surface area contributed by atoms with Gasteiger partial charge < -0.3 is 9.47 Å². The number of allylic oxidation sites excluding steroid dienone is 2. The van der Waals surface area contributed by atoms with Crippen LogP contribution in [-0.4, -0.2) is 19.0 Å². The molecule has 86 valence electrons. The summed E-state index contributed by atoms with van der Waals surface area (Å²) < 4.78 is 11.8. The Balaban J connectivity index is 1.93. The van der Waals surface area contributed by atoms with Crippen LogP contribution >= 0.6 is 0 Å². The lowest BCUT2D eigenvalue weighted by molar-refractivity contribution is -0.274. The maximum Gasteiger partial charge on any atom is 0.161 e. The van der Waals surface area contributed by atoms with Gasteiger partial charge in [-0.15, -0.1) is 0 Å². The summed E-state index contributed by atoms with van der Waals surface area (Å²) in [4.78, 5) is 0. The Hall–Kier alpha value is -0.340. The molecule has 0 aromatic carbocycles. The molecule has 1 heterocycles. The van der Waals surface area contributed by atoms with E-state index in [9.17, 15) is 0 Å². The number of hydrogen-bond acceptors (Lipinski definition) is 2. The maximum absolute atomic E-state index is 5.98. The first-order valence-corrected chi connectivity index (χ1v) is 6.02. The summed E-state index contributed by atoms with van der Waals surface area (Å²) in [7, 11) is 0. The normalized spacial score (nSPS) is 40.3. The van der Waals surface area contributed by atoms with Crippen molar-refractivity contribution in [3.8, 4) is 0 Å². The summed E-state index contributed by atoms with van der Waals surface area (Å²) >= 11 is 0. The average Bonchev–Trinajstić information content (AvgIpc) is 2.23. The van der Waals surface area contributed by atoms with Crippen LogP contribution in [-0.2, 0) is 9.47 Å². The van der Waals surface area contributed by atoms with Crippen molar-refractivity contribution in [2.24, 2.45) is 11.3 Å². The molecule has 0 N–H and O–H groups in total. The molecule has 1 saturated heterocycles. The number of rotatable bonds is 1. The minimum Gasteiger partial charge on any atom is -0.352 e. The quantitative estimate of drug-likeness (QED) is 0.619. The molecule has 1 fully saturated rings. The van der Waals surface area contributed by atoms with Gasteiger partial charge >= 0.3 is 0 Å². The molecule has 2 aliphatic rings. The van der Waals surface area contributed by atoms with E-state index >= 15 is 0 Å². The topological polar surface area (TPSA) is 18.5 Å². The number of ether oxygens (including phenoxy) is 2. The molecule has 1 aliphatic heterocycles. The Morgan fingerprint density at radius 2 is 2.07 bits per heavy atom. The lowest BCUT2D eigenvalue weighted by Gasteiger charge is -2.43. The van der Waals surface area contributed by atoms with E-state index in [4.69, 9.17) is 9.47 Å². The molecule has 0 aromatic heterocycles. The first-order valence-electron chi connectivity index (χ1n) is 6.02. The Kier molecular flexibility index (Phi) is 3.17. The zero-order chi connectivity index (χ0) is 10.9. The summed E-state index contributed by atoms with van der Waals surface area (Å²) in [6.45, 7) is 7.39. The summed E-state index contributed by atoms with van der Waals surface area (Å²) in [5.74, 6) is 0.563. The Labute approximate surface area is 92.6 Å². The molecule has 15 heavy (non-hydrogen) atoms. The zero-order valence-electron chi connectivity index (χ0n) is 10.0. The second-order valence-corrected chi connectivity index (χ2v) is 5.49. The van der Waals surface area contributed by atoms with Gasteiger partial charge in [0.25, 0.3) is 0 Å². The average molecular weight is 210 g/mol. The van der Waals surface area contributed by atoms with Gasteiger partial charge in [-0.25, -0.2) is 0 Å². The molecule has 0 radical (unpaired) electrons. The molecule has 3 atom stereocenters. The van der Waals surface area contributed by atoms with Gasteiger partial charge in [0.2, 0.25) is 0 Å². The zero-order valence-corrected chi connectivity index (χ0v) is 10.0. The van der Waals surface area contributed by atoms with Crippen LogP contribution in [0.3, 0.4) is 0 Å². The monoisotopic (exact) mass is 210 g/mol. The van der Waals surface area contributed by atoms with Crippen LogP contribution in [0.25, 0.3) is 0 Å². The summed E-state index contributed by atoms with van der Waals surface area (Å²) in [5.41, 5.74) is 0.154. The molecule has 0 aromatic rings. The molecule has 3 unspecified atom stereocenters. The number of hydrogen-bond donors (Lipinski definition) is 0. The van der Waals surface area contributed by atoms with E-state index in [2.05, 4.69) is 32.9 Å². The van der Waals surface area contributed by atoms with Crippen molar-refractivity contribution in [1.82, 2.24) is 0 Å². The highest BCUT2D eigenvalue weighted by molar-refractivity contribution is 4.92. The van der Waals surface area contributed by atoms with Crippen LogP contribution in [0, 0.1) is 11.3 Å². The van der Waals surface area contributed by atoms with Gasteiger partial charge in [0.1, 0.15) is 0 Å². The van der Waals surface area contributed by atoms with E-state index in [1.54, 1.807) is 0 Å². The van der Waals surface area contributed by atoms with Crippen LogP contribution in [0.5, 0.6) is 0 Å². The van der Waals surface area contributed by atoms with E-state index in [1.807, 2.05) is 0 Å². The van der Waals surface area contributed by atoms with Gasteiger partial charge in [0.05, 0.1) is 12.7 Å². The summed E-state index contributed by atoms with van der Waals surface area (Å²) in [6.07, 6.45) is 8.32. The van der Waals surface area contributed by atoms with E-state index in [0.717, 1.165) is 13.0 Å². The van der Waals surface area contributed by atoms with Crippen molar-refractivity contribution < 1.29 is 9.47 Å². The summed E-state index contributed by atoms with van der Waals surface area (Å²) in [5, 5.41) is 0. The van der Waals surface area contributed by atoms with Crippen LogP contribution < -0.4 is 0 Å². The minimum absolute atomic E-state index is 0.0259. The fourth-order valence-corrected chi connectivity index (χ4v) is 2.15. The van der Waals surface area contributed by atoms with Crippen molar-refractivity contribution >= 4 is 0 Å². The third-order valence-corrected chi connectivity index (χ3v) is 3.75. The van der Waals surface area contributed by atoms with Crippen LogP contribution in [0.2, 0.25) is 0 Å². The lowest BCUT2D eigenvalue weighted by atomic mass is 9.86. The van der Waals surface area contributed by atoms with Crippen molar-refractivity contribution in [3.05, 3.63) is 12.2 Å².